The van der Waals surface area contributed by atoms with Crippen LogP contribution in [0.5, 0.6) is 0 Å². The van der Waals surface area contributed by atoms with Gasteiger partial charge in [0.05, 0.1) is 19.1 Å². The summed E-state index contributed by atoms with van der Waals surface area (Å²) in [7, 11) is 7.41. The van der Waals surface area contributed by atoms with Gasteiger partial charge < -0.3 is 14.4 Å². The molecule has 1 aliphatic rings. The van der Waals surface area contributed by atoms with E-state index in [4.69, 9.17) is 9.47 Å². The highest BCUT2D eigenvalue weighted by Gasteiger charge is 2.30. The molecule has 1 heterocycles. The van der Waals surface area contributed by atoms with Crippen LogP contribution in [-0.2, 0) is 27.3 Å². The van der Waals surface area contributed by atoms with Gasteiger partial charge in [-0.3, -0.25) is 9.69 Å². The highest BCUT2D eigenvalue weighted by Crippen LogP contribution is 2.19. The number of amides is 1. The Morgan fingerprint density at radius 1 is 1.35 bits per heavy atom. The van der Waals surface area contributed by atoms with Gasteiger partial charge in [0, 0.05) is 40.4 Å². The number of rotatable bonds is 7. The van der Waals surface area contributed by atoms with E-state index < -0.39 is 0 Å². The molecule has 0 radical (unpaired) electrons. The van der Waals surface area contributed by atoms with Gasteiger partial charge in [-0.2, -0.15) is 0 Å². The Labute approximate surface area is 139 Å². The largest absolute Gasteiger partial charge is 0.380 e. The number of benzene rings is 1. The van der Waals surface area contributed by atoms with Crippen molar-refractivity contribution in [2.45, 2.75) is 31.6 Å². The zero-order valence-corrected chi connectivity index (χ0v) is 14.6. The maximum absolute atomic E-state index is 12.5. The lowest BCUT2D eigenvalue weighted by Gasteiger charge is -2.25. The van der Waals surface area contributed by atoms with Crippen molar-refractivity contribution < 1.29 is 14.3 Å². The van der Waals surface area contributed by atoms with E-state index in [1.165, 1.54) is 0 Å². The molecule has 0 unspecified atom stereocenters. The van der Waals surface area contributed by atoms with E-state index in [2.05, 4.69) is 11.9 Å². The van der Waals surface area contributed by atoms with Crippen LogP contribution in [0, 0.1) is 0 Å². The van der Waals surface area contributed by atoms with Gasteiger partial charge in [0.2, 0.25) is 5.91 Å². The summed E-state index contributed by atoms with van der Waals surface area (Å²) in [6.45, 7) is 2.25. The van der Waals surface area contributed by atoms with Gasteiger partial charge in [-0.15, -0.1) is 0 Å². The van der Waals surface area contributed by atoms with E-state index in [0.29, 0.717) is 19.1 Å². The summed E-state index contributed by atoms with van der Waals surface area (Å²) in [5.74, 6) is 0.147. The minimum Gasteiger partial charge on any atom is -0.380 e. The van der Waals surface area contributed by atoms with Crippen LogP contribution in [0.4, 0.5) is 0 Å². The van der Waals surface area contributed by atoms with Crippen molar-refractivity contribution in [2.75, 3.05) is 41.4 Å². The zero-order valence-electron chi connectivity index (χ0n) is 14.6. The lowest BCUT2D eigenvalue weighted by molar-refractivity contribution is -0.129. The maximum Gasteiger partial charge on any atom is 0.226 e. The number of hydrogen-bond acceptors (Lipinski definition) is 4. The average Bonchev–Trinajstić information content (AvgIpc) is 2.88. The molecule has 0 spiro atoms. The highest BCUT2D eigenvalue weighted by atomic mass is 16.5. The molecular weight excluding hydrogens is 292 g/mol. The molecule has 0 aromatic heterocycles. The topological polar surface area (TPSA) is 42.0 Å². The van der Waals surface area contributed by atoms with Crippen LogP contribution in [0.1, 0.15) is 17.5 Å². The summed E-state index contributed by atoms with van der Waals surface area (Å²) in [5.41, 5.74) is 2.13. The van der Waals surface area contributed by atoms with Crippen LogP contribution in [0.2, 0.25) is 0 Å². The fourth-order valence-corrected chi connectivity index (χ4v) is 3.14. The van der Waals surface area contributed by atoms with E-state index >= 15 is 0 Å². The molecule has 0 bridgehead atoms. The molecule has 0 N–H and O–H groups in total. The maximum atomic E-state index is 12.5. The van der Waals surface area contributed by atoms with Crippen LogP contribution in [0.3, 0.4) is 0 Å². The molecule has 23 heavy (non-hydrogen) atoms. The second kappa shape index (κ2) is 8.43. The van der Waals surface area contributed by atoms with Crippen LogP contribution in [-0.4, -0.2) is 69.3 Å². The van der Waals surface area contributed by atoms with Gasteiger partial charge in [-0.05, 0) is 24.6 Å². The molecule has 1 saturated heterocycles. The quantitative estimate of drug-likeness (QED) is 0.764. The van der Waals surface area contributed by atoms with Crippen LogP contribution in [0.25, 0.3) is 0 Å². The Hall–Kier alpha value is -1.43. The van der Waals surface area contributed by atoms with Crippen molar-refractivity contribution in [1.82, 2.24) is 9.80 Å². The van der Waals surface area contributed by atoms with Gasteiger partial charge in [0.1, 0.15) is 0 Å². The van der Waals surface area contributed by atoms with Gasteiger partial charge in [0.15, 0.2) is 0 Å². The SMILES string of the molecule is COCc1cccc(CC(=O)N(C)C[C@@H]2C[C@H](OC)CN2C)c1. The lowest BCUT2D eigenvalue weighted by atomic mass is 10.1. The predicted octanol–water partition coefficient (Wildman–Crippen LogP) is 1.55. The molecule has 5 heteroatoms. The number of carbonyl (C=O) groups excluding carboxylic acids is 1. The Morgan fingerprint density at radius 3 is 2.74 bits per heavy atom. The summed E-state index contributed by atoms with van der Waals surface area (Å²) in [4.78, 5) is 16.6. The van der Waals surface area contributed by atoms with E-state index in [9.17, 15) is 4.79 Å². The van der Waals surface area contributed by atoms with Crippen molar-refractivity contribution in [3.63, 3.8) is 0 Å². The molecule has 1 amide bonds. The Kier molecular flexibility index (Phi) is 6.57. The molecule has 0 saturated carbocycles. The molecule has 1 aromatic rings. The van der Waals surface area contributed by atoms with Crippen molar-refractivity contribution in [2.24, 2.45) is 0 Å². The minimum absolute atomic E-state index is 0.147. The first-order valence-corrected chi connectivity index (χ1v) is 8.07. The van der Waals surface area contributed by atoms with Gasteiger partial charge >= 0.3 is 0 Å². The Bertz CT molecular complexity index is 521. The summed E-state index contributed by atoms with van der Waals surface area (Å²) in [5, 5.41) is 0. The van der Waals surface area contributed by atoms with E-state index in [-0.39, 0.29) is 12.0 Å². The predicted molar refractivity (Wildman–Crippen MR) is 90.3 cm³/mol. The number of carbonyl (C=O) groups is 1. The van der Waals surface area contributed by atoms with E-state index in [1.807, 2.05) is 36.2 Å². The molecule has 1 aliphatic heterocycles. The molecule has 2 atom stereocenters. The summed E-state index contributed by atoms with van der Waals surface area (Å²) in [6, 6.07) is 8.39. The first-order chi connectivity index (χ1) is 11.0. The Morgan fingerprint density at radius 2 is 2.09 bits per heavy atom. The second-order valence-corrected chi connectivity index (χ2v) is 6.39. The number of methoxy groups -OCH3 is 2. The number of likely N-dealkylation sites (N-methyl/N-ethyl adjacent to an activating group) is 2. The summed E-state index contributed by atoms with van der Waals surface area (Å²) >= 11 is 0. The molecule has 1 fully saturated rings. The number of ether oxygens (including phenoxy) is 2. The third-order valence-electron chi connectivity index (χ3n) is 4.55. The van der Waals surface area contributed by atoms with Crippen molar-refractivity contribution in [3.05, 3.63) is 35.4 Å². The minimum atomic E-state index is 0.147. The third-order valence-corrected chi connectivity index (χ3v) is 4.55. The number of likely N-dealkylation sites (tertiary alicyclic amines) is 1. The summed E-state index contributed by atoms with van der Waals surface area (Å²) < 4.78 is 10.6. The van der Waals surface area contributed by atoms with Gasteiger partial charge in [-0.25, -0.2) is 0 Å². The monoisotopic (exact) mass is 320 g/mol. The van der Waals surface area contributed by atoms with E-state index in [1.54, 1.807) is 14.2 Å². The van der Waals surface area contributed by atoms with Gasteiger partial charge in [0.25, 0.3) is 0 Å². The molecule has 1 aromatic carbocycles. The van der Waals surface area contributed by atoms with Crippen LogP contribution in [0.15, 0.2) is 24.3 Å². The van der Waals surface area contributed by atoms with E-state index in [0.717, 1.165) is 30.6 Å². The molecule has 128 valence electrons. The fourth-order valence-electron chi connectivity index (χ4n) is 3.14. The molecular formula is C18H28N2O3. The van der Waals surface area contributed by atoms with Crippen LogP contribution >= 0.6 is 0 Å². The fraction of sp³-hybridized carbons (Fsp3) is 0.611. The molecule has 5 nitrogen and oxygen atoms in total. The van der Waals surface area contributed by atoms with Crippen LogP contribution < -0.4 is 0 Å². The molecule has 2 rings (SSSR count). The van der Waals surface area contributed by atoms with Crippen molar-refractivity contribution >= 4 is 5.91 Å². The highest BCUT2D eigenvalue weighted by molar-refractivity contribution is 5.78. The first kappa shape index (κ1) is 17.9. The van der Waals surface area contributed by atoms with Crippen molar-refractivity contribution in [1.29, 1.82) is 0 Å². The number of hydrogen-bond donors (Lipinski definition) is 0. The summed E-state index contributed by atoms with van der Waals surface area (Å²) in [6.07, 6.45) is 1.69. The smallest absolute Gasteiger partial charge is 0.226 e. The van der Waals surface area contributed by atoms with Crippen molar-refractivity contribution in [3.8, 4) is 0 Å². The lowest BCUT2D eigenvalue weighted by Crippen LogP contribution is -2.40. The molecule has 0 aliphatic carbocycles. The second-order valence-electron chi connectivity index (χ2n) is 6.39. The Balaban J connectivity index is 1.89. The zero-order chi connectivity index (χ0) is 16.8. The first-order valence-electron chi connectivity index (χ1n) is 8.07. The number of nitrogens with zero attached hydrogens (tertiary/aromatic N) is 2. The normalized spacial score (nSPS) is 21.6. The average molecular weight is 320 g/mol. The standard InChI is InChI=1S/C18H28N2O3/c1-19-12-17(23-4)10-16(19)11-20(2)18(21)9-14-6-5-7-15(8-14)13-22-3/h5-8,16-17H,9-13H2,1-4H3/t16-,17-/m0/s1. The van der Waals surface area contributed by atoms with Gasteiger partial charge in [-0.1, -0.05) is 24.3 Å². The third kappa shape index (κ3) is 5.03.